The van der Waals surface area contributed by atoms with E-state index < -0.39 is 17.1 Å². The molecule has 0 bridgehead atoms. The predicted octanol–water partition coefficient (Wildman–Crippen LogP) is 3.17. The maximum atomic E-state index is 12.7. The molecule has 1 aliphatic rings. The fraction of sp³-hybridized carbons (Fsp3) is 0.176. The number of aromatic carboxylic acids is 1. The molecule has 0 radical (unpaired) electrons. The highest BCUT2D eigenvalue weighted by Crippen LogP contribution is 2.35. The van der Waals surface area contributed by atoms with Gasteiger partial charge in [-0.3, -0.25) is 9.59 Å². The number of carboxylic acids is 1. The Morgan fingerprint density at radius 3 is 2.80 bits per heavy atom. The van der Waals surface area contributed by atoms with Gasteiger partial charge in [-0.1, -0.05) is 29.4 Å². The molecule has 1 atom stereocenters. The van der Waals surface area contributed by atoms with Crippen LogP contribution in [0.3, 0.4) is 0 Å². The number of rotatable bonds is 4. The fourth-order valence-corrected chi connectivity index (χ4v) is 3.75. The van der Waals surface area contributed by atoms with Crippen LogP contribution in [0, 0.1) is 6.92 Å². The quantitative estimate of drug-likeness (QED) is 0.824. The Bertz CT molecular complexity index is 887. The third kappa shape index (κ3) is 3.38. The molecule has 0 unspecified atom stereocenters. The van der Waals surface area contributed by atoms with Crippen LogP contribution in [0.1, 0.15) is 22.3 Å². The van der Waals surface area contributed by atoms with Crippen molar-refractivity contribution in [3.8, 4) is 0 Å². The molecule has 0 aliphatic carbocycles. The SMILES string of the molecule is Cc1ccc(N2C(=O)C[C@H](Sc3ncccc3C(=O)O)C2=O)cc1Cl. The van der Waals surface area contributed by atoms with E-state index in [1.54, 1.807) is 18.2 Å². The van der Waals surface area contributed by atoms with Crippen molar-refractivity contribution < 1.29 is 19.5 Å². The lowest BCUT2D eigenvalue weighted by Gasteiger charge is -2.16. The number of hydrogen-bond acceptors (Lipinski definition) is 5. The van der Waals surface area contributed by atoms with E-state index in [0.29, 0.717) is 10.7 Å². The summed E-state index contributed by atoms with van der Waals surface area (Å²) in [6.45, 7) is 1.83. The molecular weight excluding hydrogens is 364 g/mol. The second kappa shape index (κ2) is 6.85. The summed E-state index contributed by atoms with van der Waals surface area (Å²) in [6, 6.07) is 7.89. The zero-order chi connectivity index (χ0) is 18.1. The number of aryl methyl sites for hydroxylation is 1. The van der Waals surface area contributed by atoms with Gasteiger partial charge < -0.3 is 5.11 Å². The van der Waals surface area contributed by atoms with Gasteiger partial charge in [-0.25, -0.2) is 14.7 Å². The number of pyridine rings is 1. The first-order valence-corrected chi connectivity index (χ1v) is 8.62. The predicted molar refractivity (Wildman–Crippen MR) is 94.1 cm³/mol. The van der Waals surface area contributed by atoms with Crippen LogP contribution in [0.4, 0.5) is 5.69 Å². The maximum absolute atomic E-state index is 12.7. The van der Waals surface area contributed by atoms with Gasteiger partial charge in [0.25, 0.3) is 0 Å². The molecule has 0 saturated carbocycles. The van der Waals surface area contributed by atoms with Gasteiger partial charge in [-0.05, 0) is 36.8 Å². The zero-order valence-electron chi connectivity index (χ0n) is 13.1. The first kappa shape index (κ1) is 17.4. The number of halogens is 1. The average molecular weight is 377 g/mol. The number of benzene rings is 1. The molecule has 1 aromatic carbocycles. The molecule has 6 nitrogen and oxygen atoms in total. The second-order valence-electron chi connectivity index (χ2n) is 5.47. The van der Waals surface area contributed by atoms with E-state index in [4.69, 9.17) is 11.6 Å². The molecule has 1 aliphatic heterocycles. The number of anilines is 1. The standard InChI is InChI=1S/C17H13ClN2O4S/c1-9-4-5-10(7-12(9)18)20-14(21)8-13(16(20)22)25-15-11(17(23)24)3-2-6-19-15/h2-7,13H,8H2,1H3,(H,23,24)/t13-/m0/s1. The molecule has 8 heteroatoms. The minimum absolute atomic E-state index is 0.00424. The molecule has 1 N–H and O–H groups in total. The van der Waals surface area contributed by atoms with E-state index in [9.17, 15) is 19.5 Å². The summed E-state index contributed by atoms with van der Waals surface area (Å²) in [6.07, 6.45) is 1.43. The summed E-state index contributed by atoms with van der Waals surface area (Å²) in [5, 5.41) is 9.17. The molecule has 1 aromatic heterocycles. The number of carbonyl (C=O) groups is 3. The molecule has 1 saturated heterocycles. The Hall–Kier alpha value is -2.38. The van der Waals surface area contributed by atoms with Gasteiger partial charge >= 0.3 is 5.97 Å². The zero-order valence-corrected chi connectivity index (χ0v) is 14.7. The van der Waals surface area contributed by atoms with E-state index in [0.717, 1.165) is 22.2 Å². The summed E-state index contributed by atoms with van der Waals surface area (Å²) < 4.78 is 0. The van der Waals surface area contributed by atoms with Crippen molar-refractivity contribution in [1.29, 1.82) is 0 Å². The number of thioether (sulfide) groups is 1. The Morgan fingerprint density at radius 2 is 2.12 bits per heavy atom. The van der Waals surface area contributed by atoms with Crippen molar-refractivity contribution >= 4 is 46.8 Å². The summed E-state index contributed by atoms with van der Waals surface area (Å²) >= 11 is 7.07. The van der Waals surface area contributed by atoms with Crippen LogP contribution >= 0.6 is 23.4 Å². The van der Waals surface area contributed by atoms with Crippen molar-refractivity contribution in [1.82, 2.24) is 4.98 Å². The van der Waals surface area contributed by atoms with E-state index in [1.165, 1.54) is 18.3 Å². The molecule has 2 heterocycles. The average Bonchev–Trinajstić information content (AvgIpc) is 2.84. The van der Waals surface area contributed by atoms with Gasteiger partial charge in [0.2, 0.25) is 11.8 Å². The van der Waals surface area contributed by atoms with Crippen LogP contribution in [0.5, 0.6) is 0 Å². The van der Waals surface area contributed by atoms with Crippen LogP contribution in [-0.2, 0) is 9.59 Å². The highest BCUT2D eigenvalue weighted by molar-refractivity contribution is 8.00. The van der Waals surface area contributed by atoms with Crippen molar-refractivity contribution in [2.75, 3.05) is 4.90 Å². The van der Waals surface area contributed by atoms with Gasteiger partial charge in [0.1, 0.15) is 5.03 Å². The third-order valence-electron chi connectivity index (χ3n) is 3.77. The monoisotopic (exact) mass is 376 g/mol. The summed E-state index contributed by atoms with van der Waals surface area (Å²) in [5.74, 6) is -1.89. The minimum atomic E-state index is -1.13. The van der Waals surface area contributed by atoms with Crippen molar-refractivity contribution in [3.63, 3.8) is 0 Å². The molecule has 128 valence electrons. The van der Waals surface area contributed by atoms with Gasteiger partial charge in [-0.15, -0.1) is 0 Å². The topological polar surface area (TPSA) is 87.6 Å². The van der Waals surface area contributed by atoms with E-state index in [2.05, 4.69) is 4.98 Å². The van der Waals surface area contributed by atoms with Crippen LogP contribution in [0.25, 0.3) is 0 Å². The first-order valence-electron chi connectivity index (χ1n) is 7.36. The number of hydrogen-bond donors (Lipinski definition) is 1. The smallest absolute Gasteiger partial charge is 0.338 e. The fourth-order valence-electron chi connectivity index (χ4n) is 2.47. The van der Waals surface area contributed by atoms with Crippen molar-refractivity contribution in [3.05, 3.63) is 52.7 Å². The number of carboxylic acid groups (broad SMARTS) is 1. The van der Waals surface area contributed by atoms with E-state index in [-0.39, 0.29) is 22.9 Å². The maximum Gasteiger partial charge on any atom is 0.338 e. The van der Waals surface area contributed by atoms with Crippen LogP contribution in [0.2, 0.25) is 5.02 Å². The lowest BCUT2D eigenvalue weighted by Crippen LogP contribution is -2.31. The molecule has 0 spiro atoms. The Morgan fingerprint density at radius 1 is 1.36 bits per heavy atom. The summed E-state index contributed by atoms with van der Waals surface area (Å²) in [4.78, 5) is 41.4. The third-order valence-corrected chi connectivity index (χ3v) is 5.38. The largest absolute Gasteiger partial charge is 0.478 e. The summed E-state index contributed by atoms with van der Waals surface area (Å²) in [5.41, 5.74) is 1.26. The molecule has 25 heavy (non-hydrogen) atoms. The molecule has 1 fully saturated rings. The van der Waals surface area contributed by atoms with Crippen molar-refractivity contribution in [2.45, 2.75) is 23.6 Å². The summed E-state index contributed by atoms with van der Waals surface area (Å²) in [7, 11) is 0. The van der Waals surface area contributed by atoms with Crippen LogP contribution < -0.4 is 4.90 Å². The molecule has 2 aromatic rings. The lowest BCUT2D eigenvalue weighted by molar-refractivity contribution is -0.121. The molecule has 2 amide bonds. The number of carbonyl (C=O) groups excluding carboxylic acids is 2. The van der Waals surface area contributed by atoms with Crippen molar-refractivity contribution in [2.24, 2.45) is 0 Å². The van der Waals surface area contributed by atoms with Gasteiger partial charge in [-0.2, -0.15) is 0 Å². The Labute approximate surface area is 152 Å². The van der Waals surface area contributed by atoms with Gasteiger partial charge in [0.05, 0.1) is 16.5 Å². The Balaban J connectivity index is 1.87. The number of aromatic nitrogens is 1. The van der Waals surface area contributed by atoms with Gasteiger partial charge in [0, 0.05) is 17.6 Å². The lowest BCUT2D eigenvalue weighted by atomic mass is 10.2. The van der Waals surface area contributed by atoms with E-state index >= 15 is 0 Å². The van der Waals surface area contributed by atoms with E-state index in [1.807, 2.05) is 6.92 Å². The number of imide groups is 1. The molecule has 3 rings (SSSR count). The number of nitrogens with zero attached hydrogens (tertiary/aromatic N) is 2. The number of amides is 2. The normalized spacial score (nSPS) is 17.2. The highest BCUT2D eigenvalue weighted by atomic mass is 35.5. The molecular formula is C17H13ClN2O4S. The highest BCUT2D eigenvalue weighted by Gasteiger charge is 2.41. The first-order chi connectivity index (χ1) is 11.9. The van der Waals surface area contributed by atoms with Crippen LogP contribution in [0.15, 0.2) is 41.6 Å². The second-order valence-corrected chi connectivity index (χ2v) is 7.07. The minimum Gasteiger partial charge on any atom is -0.478 e. The van der Waals surface area contributed by atoms with Crippen LogP contribution in [-0.4, -0.2) is 33.1 Å². The van der Waals surface area contributed by atoms with Gasteiger partial charge in [0.15, 0.2) is 0 Å². The Kier molecular flexibility index (Phi) is 4.78.